The van der Waals surface area contributed by atoms with Gasteiger partial charge in [-0.15, -0.1) is 0 Å². The van der Waals surface area contributed by atoms with Crippen molar-refractivity contribution in [3.05, 3.63) is 40.6 Å². The minimum Gasteiger partial charge on any atom is -0.399 e. The van der Waals surface area contributed by atoms with Gasteiger partial charge in [-0.1, -0.05) is 6.07 Å². The zero-order valence-electron chi connectivity index (χ0n) is 7.74. The highest BCUT2D eigenvalue weighted by molar-refractivity contribution is 9.10. The van der Waals surface area contributed by atoms with Gasteiger partial charge in [0.15, 0.2) is 0 Å². The molecule has 1 aromatic carbocycles. The molecule has 2 aromatic rings. The van der Waals surface area contributed by atoms with E-state index in [0.717, 1.165) is 21.4 Å². The van der Waals surface area contributed by atoms with Gasteiger partial charge in [-0.05, 0) is 40.5 Å². The van der Waals surface area contributed by atoms with Crippen LogP contribution in [0.5, 0.6) is 0 Å². The molecule has 2 rings (SSSR count). The standard InChI is InChI=1S/C10H10BrN3/c1-7-2-3-9(12)4-10(7)14-6-8(11)5-13-14/h2-6H,12H2,1H3. The molecule has 4 heteroatoms. The smallest absolute Gasteiger partial charge is 0.0695 e. The van der Waals surface area contributed by atoms with E-state index in [9.17, 15) is 0 Å². The summed E-state index contributed by atoms with van der Waals surface area (Å²) in [7, 11) is 0. The number of hydrogen-bond acceptors (Lipinski definition) is 2. The monoisotopic (exact) mass is 251 g/mol. The summed E-state index contributed by atoms with van der Waals surface area (Å²) < 4.78 is 2.76. The maximum Gasteiger partial charge on any atom is 0.0695 e. The Morgan fingerprint density at radius 2 is 2.21 bits per heavy atom. The Hall–Kier alpha value is -1.29. The number of rotatable bonds is 1. The van der Waals surface area contributed by atoms with Gasteiger partial charge in [-0.2, -0.15) is 5.10 Å². The number of aryl methyl sites for hydroxylation is 1. The van der Waals surface area contributed by atoms with E-state index in [4.69, 9.17) is 5.73 Å². The zero-order chi connectivity index (χ0) is 10.1. The third-order valence-electron chi connectivity index (χ3n) is 2.03. The van der Waals surface area contributed by atoms with E-state index in [2.05, 4.69) is 21.0 Å². The Morgan fingerprint density at radius 1 is 1.43 bits per heavy atom. The molecule has 0 amide bonds. The number of nitrogens with zero attached hydrogens (tertiary/aromatic N) is 2. The molecule has 0 saturated carbocycles. The predicted octanol–water partition coefficient (Wildman–Crippen LogP) is 2.53. The van der Waals surface area contributed by atoms with Crippen molar-refractivity contribution in [2.75, 3.05) is 5.73 Å². The third-order valence-corrected chi connectivity index (χ3v) is 2.44. The maximum atomic E-state index is 5.72. The van der Waals surface area contributed by atoms with Crippen LogP contribution in [0.15, 0.2) is 35.1 Å². The molecular weight excluding hydrogens is 242 g/mol. The second-order valence-electron chi connectivity index (χ2n) is 3.15. The Balaban J connectivity index is 2.55. The SMILES string of the molecule is Cc1ccc(N)cc1-n1cc(Br)cn1. The average Bonchev–Trinajstić information content (AvgIpc) is 2.56. The van der Waals surface area contributed by atoms with Crippen LogP contribution in [0.1, 0.15) is 5.56 Å². The van der Waals surface area contributed by atoms with Crippen LogP contribution < -0.4 is 5.73 Å². The van der Waals surface area contributed by atoms with E-state index in [1.807, 2.05) is 31.3 Å². The summed E-state index contributed by atoms with van der Waals surface area (Å²) in [5, 5.41) is 4.20. The Morgan fingerprint density at radius 3 is 2.86 bits per heavy atom. The van der Waals surface area contributed by atoms with Crippen molar-refractivity contribution in [3.8, 4) is 5.69 Å². The molecule has 14 heavy (non-hydrogen) atoms. The number of halogens is 1. The number of benzene rings is 1. The normalized spacial score (nSPS) is 10.4. The number of nitrogen functional groups attached to an aromatic ring is 1. The molecule has 0 aliphatic heterocycles. The highest BCUT2D eigenvalue weighted by atomic mass is 79.9. The number of anilines is 1. The molecule has 1 aromatic heterocycles. The fourth-order valence-corrected chi connectivity index (χ4v) is 1.59. The largest absolute Gasteiger partial charge is 0.399 e. The van der Waals surface area contributed by atoms with E-state index in [1.165, 1.54) is 0 Å². The van der Waals surface area contributed by atoms with Crippen LogP contribution in [0.2, 0.25) is 0 Å². The molecule has 2 N–H and O–H groups in total. The van der Waals surface area contributed by atoms with Gasteiger partial charge in [-0.25, -0.2) is 4.68 Å². The Kier molecular flexibility index (Phi) is 2.29. The van der Waals surface area contributed by atoms with Crippen molar-refractivity contribution in [2.24, 2.45) is 0 Å². The first kappa shape index (κ1) is 9.27. The van der Waals surface area contributed by atoms with Crippen LogP contribution in [0, 0.1) is 6.92 Å². The first-order chi connectivity index (χ1) is 6.66. The van der Waals surface area contributed by atoms with Crippen molar-refractivity contribution in [1.29, 1.82) is 0 Å². The first-order valence-corrected chi connectivity index (χ1v) is 5.03. The van der Waals surface area contributed by atoms with Crippen molar-refractivity contribution in [2.45, 2.75) is 6.92 Å². The van der Waals surface area contributed by atoms with Gasteiger partial charge in [0.1, 0.15) is 0 Å². The van der Waals surface area contributed by atoms with Crippen LogP contribution in [-0.2, 0) is 0 Å². The molecule has 0 bridgehead atoms. The van der Waals surface area contributed by atoms with Gasteiger partial charge in [0.25, 0.3) is 0 Å². The minimum absolute atomic E-state index is 0.747. The van der Waals surface area contributed by atoms with Crippen LogP contribution in [0.3, 0.4) is 0 Å². The van der Waals surface area contributed by atoms with Crippen LogP contribution in [0.25, 0.3) is 5.69 Å². The molecule has 0 saturated heterocycles. The molecule has 0 spiro atoms. The molecule has 0 fully saturated rings. The molecule has 1 heterocycles. The highest BCUT2D eigenvalue weighted by Gasteiger charge is 2.02. The molecule has 0 aliphatic rings. The summed E-state index contributed by atoms with van der Waals surface area (Å²) >= 11 is 3.36. The topological polar surface area (TPSA) is 43.8 Å². The summed E-state index contributed by atoms with van der Waals surface area (Å²) in [6, 6.07) is 5.78. The summed E-state index contributed by atoms with van der Waals surface area (Å²) in [6.45, 7) is 2.03. The zero-order valence-corrected chi connectivity index (χ0v) is 9.32. The van der Waals surface area contributed by atoms with E-state index in [1.54, 1.807) is 10.9 Å². The Bertz CT molecular complexity index is 462. The van der Waals surface area contributed by atoms with Crippen molar-refractivity contribution in [3.63, 3.8) is 0 Å². The second-order valence-corrected chi connectivity index (χ2v) is 4.06. The average molecular weight is 252 g/mol. The van der Waals surface area contributed by atoms with Crippen LogP contribution in [0.4, 0.5) is 5.69 Å². The quantitative estimate of drug-likeness (QED) is 0.792. The minimum atomic E-state index is 0.747. The van der Waals surface area contributed by atoms with Gasteiger partial charge in [0.2, 0.25) is 0 Å². The molecule has 72 valence electrons. The molecule has 3 nitrogen and oxygen atoms in total. The third kappa shape index (κ3) is 1.65. The van der Waals surface area contributed by atoms with Crippen molar-refractivity contribution in [1.82, 2.24) is 9.78 Å². The first-order valence-electron chi connectivity index (χ1n) is 4.23. The molecule has 0 unspecified atom stereocenters. The molecule has 0 atom stereocenters. The lowest BCUT2D eigenvalue weighted by molar-refractivity contribution is 0.873. The summed E-state index contributed by atoms with van der Waals surface area (Å²) in [5.74, 6) is 0. The maximum absolute atomic E-state index is 5.72. The van der Waals surface area contributed by atoms with Gasteiger partial charge >= 0.3 is 0 Å². The van der Waals surface area contributed by atoms with Crippen molar-refractivity contribution >= 4 is 21.6 Å². The number of hydrogen-bond donors (Lipinski definition) is 1. The summed E-state index contributed by atoms with van der Waals surface area (Å²) in [5.41, 5.74) is 8.62. The van der Waals surface area contributed by atoms with E-state index < -0.39 is 0 Å². The van der Waals surface area contributed by atoms with Gasteiger partial charge in [0, 0.05) is 11.9 Å². The second kappa shape index (κ2) is 3.46. The summed E-state index contributed by atoms with van der Waals surface area (Å²) in [4.78, 5) is 0. The van der Waals surface area contributed by atoms with Gasteiger partial charge < -0.3 is 5.73 Å². The number of nitrogens with two attached hydrogens (primary N) is 1. The highest BCUT2D eigenvalue weighted by Crippen LogP contribution is 2.18. The lowest BCUT2D eigenvalue weighted by Crippen LogP contribution is -1.98. The van der Waals surface area contributed by atoms with E-state index in [0.29, 0.717) is 0 Å². The lowest BCUT2D eigenvalue weighted by atomic mass is 10.2. The van der Waals surface area contributed by atoms with Gasteiger partial charge in [-0.3, -0.25) is 0 Å². The molecule has 0 radical (unpaired) electrons. The predicted molar refractivity (Wildman–Crippen MR) is 60.4 cm³/mol. The fourth-order valence-electron chi connectivity index (χ4n) is 1.31. The lowest BCUT2D eigenvalue weighted by Gasteiger charge is -2.06. The fraction of sp³-hybridized carbons (Fsp3) is 0.100. The number of aromatic nitrogens is 2. The molecule has 0 aliphatic carbocycles. The van der Waals surface area contributed by atoms with Crippen molar-refractivity contribution < 1.29 is 0 Å². The molecular formula is C10H10BrN3. The Labute approximate surface area is 90.7 Å². The summed E-state index contributed by atoms with van der Waals surface area (Å²) in [6.07, 6.45) is 3.66. The van der Waals surface area contributed by atoms with Gasteiger partial charge in [0.05, 0.1) is 16.4 Å². The van der Waals surface area contributed by atoms with E-state index in [-0.39, 0.29) is 0 Å². The van der Waals surface area contributed by atoms with E-state index >= 15 is 0 Å². The van der Waals surface area contributed by atoms with Crippen LogP contribution >= 0.6 is 15.9 Å². The van der Waals surface area contributed by atoms with Crippen LogP contribution in [-0.4, -0.2) is 9.78 Å².